The molecule has 0 aromatic carbocycles. The van der Waals surface area contributed by atoms with Crippen LogP contribution in [0.1, 0.15) is 49.9 Å². The number of hydrogen-bond acceptors (Lipinski definition) is 3. The van der Waals surface area contributed by atoms with Crippen molar-refractivity contribution in [3.63, 3.8) is 0 Å². The number of amides is 1. The molecule has 0 unspecified atom stereocenters. The Labute approximate surface area is 140 Å². The summed E-state index contributed by atoms with van der Waals surface area (Å²) in [5, 5.41) is 4.48. The van der Waals surface area contributed by atoms with E-state index in [1.54, 1.807) is 4.68 Å². The summed E-state index contributed by atoms with van der Waals surface area (Å²) in [4.78, 5) is 29.2. The summed E-state index contributed by atoms with van der Waals surface area (Å²) in [7, 11) is 0. The number of piperidine rings is 1. The van der Waals surface area contributed by atoms with Gasteiger partial charge >= 0.3 is 5.69 Å². The van der Waals surface area contributed by atoms with E-state index in [2.05, 4.69) is 10.1 Å². The Morgan fingerprint density at radius 1 is 1.17 bits per heavy atom. The second kappa shape index (κ2) is 6.30. The number of nitrogens with zero attached hydrogens (tertiary/aromatic N) is 4. The van der Waals surface area contributed by atoms with Crippen LogP contribution in [0.25, 0.3) is 0 Å². The highest BCUT2D eigenvalue weighted by molar-refractivity contribution is 5.76. The fourth-order valence-electron chi connectivity index (χ4n) is 3.40. The molecule has 1 saturated heterocycles. The quantitative estimate of drug-likeness (QED) is 0.903. The van der Waals surface area contributed by atoms with Crippen LogP contribution in [-0.2, 0) is 11.3 Å². The number of rotatable bonds is 5. The van der Waals surface area contributed by atoms with Crippen LogP contribution in [-0.4, -0.2) is 43.2 Å². The monoisotopic (exact) mass is 329 g/mol. The summed E-state index contributed by atoms with van der Waals surface area (Å²) in [6, 6.07) is 4.04. The van der Waals surface area contributed by atoms with Gasteiger partial charge in [-0.15, -0.1) is 0 Å². The Balaban J connectivity index is 1.31. The maximum absolute atomic E-state index is 12.3. The highest BCUT2D eigenvalue weighted by Crippen LogP contribution is 2.37. The lowest BCUT2D eigenvalue weighted by atomic mass is 10.1. The van der Waals surface area contributed by atoms with Gasteiger partial charge in [-0.25, -0.2) is 9.48 Å². The number of H-pyrrole nitrogens is 1. The van der Waals surface area contributed by atoms with E-state index in [0.717, 1.165) is 38.1 Å². The van der Waals surface area contributed by atoms with Gasteiger partial charge in [0.2, 0.25) is 5.91 Å². The van der Waals surface area contributed by atoms with Gasteiger partial charge in [0.1, 0.15) is 5.82 Å². The summed E-state index contributed by atoms with van der Waals surface area (Å²) < 4.78 is 3.63. The molecule has 7 nitrogen and oxygen atoms in total. The van der Waals surface area contributed by atoms with E-state index in [4.69, 9.17) is 0 Å². The highest BCUT2D eigenvalue weighted by Gasteiger charge is 2.30. The molecule has 0 spiro atoms. The standard InChI is InChI=1S/C17H23N5O2/c23-15(7-10-20-8-1-2-9-20)21-11-5-14(6-12-21)22-17(24)18-16(19-22)13-3-4-13/h1-2,8-9,13-14H,3-7,10-12H2,(H,18,19,24). The lowest BCUT2D eigenvalue weighted by molar-refractivity contribution is -0.132. The molecule has 128 valence electrons. The first kappa shape index (κ1) is 15.2. The van der Waals surface area contributed by atoms with Crippen molar-refractivity contribution in [2.24, 2.45) is 0 Å². The van der Waals surface area contributed by atoms with Crippen LogP contribution in [0.15, 0.2) is 29.3 Å². The van der Waals surface area contributed by atoms with Gasteiger partial charge in [0.15, 0.2) is 0 Å². The molecule has 0 radical (unpaired) electrons. The van der Waals surface area contributed by atoms with Gasteiger partial charge in [-0.3, -0.25) is 9.78 Å². The number of aromatic nitrogens is 4. The predicted octanol–water partition coefficient (Wildman–Crippen LogP) is 1.50. The van der Waals surface area contributed by atoms with Crippen LogP contribution >= 0.6 is 0 Å². The largest absolute Gasteiger partial charge is 0.354 e. The molecular weight excluding hydrogens is 306 g/mol. The average molecular weight is 329 g/mol. The Kier molecular flexibility index (Phi) is 4.00. The summed E-state index contributed by atoms with van der Waals surface area (Å²) in [6.07, 6.45) is 8.31. The van der Waals surface area contributed by atoms with E-state index in [9.17, 15) is 9.59 Å². The van der Waals surface area contributed by atoms with E-state index in [0.29, 0.717) is 25.4 Å². The molecule has 2 aromatic heterocycles. The number of hydrogen-bond donors (Lipinski definition) is 1. The first-order valence-electron chi connectivity index (χ1n) is 8.78. The van der Waals surface area contributed by atoms with Crippen molar-refractivity contribution in [2.75, 3.05) is 13.1 Å². The summed E-state index contributed by atoms with van der Waals surface area (Å²) in [6.45, 7) is 2.12. The highest BCUT2D eigenvalue weighted by atomic mass is 16.2. The first-order chi connectivity index (χ1) is 11.7. The Bertz CT molecular complexity index is 748. The number of carbonyl (C=O) groups is 1. The van der Waals surface area contributed by atoms with Crippen molar-refractivity contribution in [1.29, 1.82) is 0 Å². The second-order valence-electron chi connectivity index (χ2n) is 6.82. The SMILES string of the molecule is O=C(CCn1cccc1)N1CCC(n2nc(C3CC3)[nH]c2=O)CC1. The average Bonchev–Trinajstić information content (AvgIpc) is 3.18. The van der Waals surface area contributed by atoms with Crippen molar-refractivity contribution in [3.8, 4) is 0 Å². The Hall–Kier alpha value is -2.31. The van der Waals surface area contributed by atoms with E-state index < -0.39 is 0 Å². The van der Waals surface area contributed by atoms with Crippen LogP contribution < -0.4 is 5.69 Å². The molecule has 4 rings (SSSR count). The van der Waals surface area contributed by atoms with Gasteiger partial charge in [-0.1, -0.05) is 0 Å². The van der Waals surface area contributed by atoms with Crippen LogP contribution in [0.2, 0.25) is 0 Å². The minimum Gasteiger partial charge on any atom is -0.354 e. The number of aromatic amines is 1. The number of nitrogens with one attached hydrogen (secondary N) is 1. The normalized spacial score (nSPS) is 18.9. The zero-order valence-electron chi connectivity index (χ0n) is 13.7. The minimum absolute atomic E-state index is 0.103. The first-order valence-corrected chi connectivity index (χ1v) is 8.78. The lowest BCUT2D eigenvalue weighted by Crippen LogP contribution is -2.41. The number of aryl methyl sites for hydroxylation is 1. The lowest BCUT2D eigenvalue weighted by Gasteiger charge is -2.31. The molecule has 24 heavy (non-hydrogen) atoms. The van der Waals surface area contributed by atoms with E-state index in [-0.39, 0.29) is 17.6 Å². The third kappa shape index (κ3) is 3.16. The molecule has 1 aliphatic heterocycles. The fourth-order valence-corrected chi connectivity index (χ4v) is 3.40. The minimum atomic E-state index is -0.103. The molecule has 1 amide bonds. The van der Waals surface area contributed by atoms with E-state index >= 15 is 0 Å². The fraction of sp³-hybridized carbons (Fsp3) is 0.588. The molecule has 1 saturated carbocycles. The Morgan fingerprint density at radius 2 is 1.88 bits per heavy atom. The van der Waals surface area contributed by atoms with Gasteiger partial charge in [0.05, 0.1) is 6.04 Å². The van der Waals surface area contributed by atoms with Crippen molar-refractivity contribution >= 4 is 5.91 Å². The van der Waals surface area contributed by atoms with Crippen LogP contribution in [0.3, 0.4) is 0 Å². The van der Waals surface area contributed by atoms with Gasteiger partial charge in [-0.2, -0.15) is 5.10 Å². The van der Waals surface area contributed by atoms with Crippen molar-refractivity contribution in [3.05, 3.63) is 40.8 Å². The van der Waals surface area contributed by atoms with Crippen LogP contribution in [0.5, 0.6) is 0 Å². The zero-order valence-corrected chi connectivity index (χ0v) is 13.7. The van der Waals surface area contributed by atoms with Gasteiger partial charge < -0.3 is 9.47 Å². The number of carbonyl (C=O) groups excluding carboxylic acids is 1. The van der Waals surface area contributed by atoms with E-state index in [1.165, 1.54) is 0 Å². The third-order valence-corrected chi connectivity index (χ3v) is 5.04. The van der Waals surface area contributed by atoms with Gasteiger partial charge in [0, 0.05) is 44.4 Å². The smallest absolute Gasteiger partial charge is 0.343 e. The molecule has 0 bridgehead atoms. The topological polar surface area (TPSA) is 75.9 Å². The predicted molar refractivity (Wildman–Crippen MR) is 88.7 cm³/mol. The summed E-state index contributed by atoms with van der Waals surface area (Å²) in [5.41, 5.74) is -0.103. The van der Waals surface area contributed by atoms with Crippen molar-refractivity contribution in [1.82, 2.24) is 24.2 Å². The molecule has 2 fully saturated rings. The molecule has 1 N–H and O–H groups in total. The van der Waals surface area contributed by atoms with Gasteiger partial charge in [-0.05, 0) is 37.8 Å². The number of likely N-dealkylation sites (tertiary alicyclic amines) is 1. The zero-order chi connectivity index (χ0) is 16.5. The van der Waals surface area contributed by atoms with Crippen LogP contribution in [0, 0.1) is 0 Å². The maximum atomic E-state index is 12.3. The molecule has 0 atom stereocenters. The molecule has 2 aliphatic rings. The van der Waals surface area contributed by atoms with E-state index in [1.807, 2.05) is 34.0 Å². The van der Waals surface area contributed by atoms with Gasteiger partial charge in [0.25, 0.3) is 0 Å². The summed E-state index contributed by atoms with van der Waals surface area (Å²) >= 11 is 0. The Morgan fingerprint density at radius 3 is 2.54 bits per heavy atom. The molecular formula is C17H23N5O2. The summed E-state index contributed by atoms with van der Waals surface area (Å²) in [5.74, 6) is 1.48. The van der Waals surface area contributed by atoms with Crippen molar-refractivity contribution < 1.29 is 4.79 Å². The maximum Gasteiger partial charge on any atom is 0.343 e. The second-order valence-corrected chi connectivity index (χ2v) is 6.82. The van der Waals surface area contributed by atoms with Crippen molar-refractivity contribution in [2.45, 2.75) is 50.6 Å². The molecule has 7 heteroatoms. The molecule has 1 aliphatic carbocycles. The third-order valence-electron chi connectivity index (χ3n) is 5.04. The molecule has 3 heterocycles. The van der Waals surface area contributed by atoms with Crippen LogP contribution in [0.4, 0.5) is 0 Å². The molecule has 2 aromatic rings.